The van der Waals surface area contributed by atoms with Crippen LogP contribution in [-0.4, -0.2) is 18.4 Å². The molecule has 2 amide bonds. The van der Waals surface area contributed by atoms with Gasteiger partial charge in [0.15, 0.2) is 0 Å². The summed E-state index contributed by atoms with van der Waals surface area (Å²) in [5.41, 5.74) is 3.69. The third-order valence-corrected chi connectivity index (χ3v) is 5.25. The van der Waals surface area contributed by atoms with Crippen LogP contribution in [0.3, 0.4) is 0 Å². The van der Waals surface area contributed by atoms with Crippen LogP contribution in [0.5, 0.6) is 11.5 Å². The first-order valence-electron chi connectivity index (χ1n) is 10.0. The molecular weight excluding hydrogens is 376 g/mol. The van der Waals surface area contributed by atoms with E-state index in [0.29, 0.717) is 18.0 Å². The molecule has 4 rings (SSSR count). The first-order chi connectivity index (χ1) is 14.5. The van der Waals surface area contributed by atoms with E-state index < -0.39 is 0 Å². The van der Waals surface area contributed by atoms with Crippen LogP contribution < -0.4 is 15.0 Å². The van der Waals surface area contributed by atoms with Crippen LogP contribution in [0.25, 0.3) is 0 Å². The van der Waals surface area contributed by atoms with Crippen molar-refractivity contribution in [3.8, 4) is 11.5 Å². The Balaban J connectivity index is 1.39. The highest BCUT2D eigenvalue weighted by Crippen LogP contribution is 2.30. The number of carbonyl (C=O) groups is 2. The molecule has 5 heteroatoms. The third kappa shape index (κ3) is 4.35. The van der Waals surface area contributed by atoms with E-state index >= 15 is 0 Å². The Morgan fingerprint density at radius 2 is 1.67 bits per heavy atom. The van der Waals surface area contributed by atoms with E-state index in [0.717, 1.165) is 22.6 Å². The number of hydrogen-bond donors (Lipinski definition) is 1. The van der Waals surface area contributed by atoms with Crippen LogP contribution in [0.4, 0.5) is 11.4 Å². The third-order valence-electron chi connectivity index (χ3n) is 5.25. The molecule has 0 radical (unpaired) electrons. The number of anilines is 2. The standard InChI is InChI=1S/C25H24N2O3/c1-17-8-9-18(2)23(14-17)27-16-19(15-24(27)28)25(29)26-20-10-12-22(13-11-20)30-21-6-4-3-5-7-21/h3-14,19H,15-16H2,1-2H3,(H,26,29)/t19-/m1/s1. The lowest BCUT2D eigenvalue weighted by atomic mass is 10.1. The normalized spacial score (nSPS) is 15.9. The Morgan fingerprint density at radius 3 is 2.40 bits per heavy atom. The second-order valence-corrected chi connectivity index (χ2v) is 7.62. The first-order valence-corrected chi connectivity index (χ1v) is 10.0. The largest absolute Gasteiger partial charge is 0.457 e. The average Bonchev–Trinajstić information content (AvgIpc) is 3.14. The predicted octanol–water partition coefficient (Wildman–Crippen LogP) is 5.09. The molecule has 1 saturated heterocycles. The lowest BCUT2D eigenvalue weighted by Crippen LogP contribution is -2.28. The van der Waals surface area contributed by atoms with Crippen molar-refractivity contribution in [2.45, 2.75) is 20.3 Å². The first kappa shape index (κ1) is 19.7. The topological polar surface area (TPSA) is 58.6 Å². The van der Waals surface area contributed by atoms with Crippen LogP contribution in [0.2, 0.25) is 0 Å². The number of rotatable bonds is 5. The lowest BCUT2D eigenvalue weighted by molar-refractivity contribution is -0.122. The number of para-hydroxylation sites is 1. The van der Waals surface area contributed by atoms with Crippen molar-refractivity contribution < 1.29 is 14.3 Å². The molecule has 1 heterocycles. The molecule has 1 aliphatic heterocycles. The van der Waals surface area contributed by atoms with Crippen LogP contribution in [0.15, 0.2) is 72.8 Å². The second-order valence-electron chi connectivity index (χ2n) is 7.62. The molecule has 3 aromatic carbocycles. The summed E-state index contributed by atoms with van der Waals surface area (Å²) in [5, 5.41) is 2.92. The second kappa shape index (κ2) is 8.41. The van der Waals surface area contributed by atoms with Gasteiger partial charge in [-0.3, -0.25) is 9.59 Å². The Labute approximate surface area is 176 Å². The van der Waals surface area contributed by atoms with E-state index in [1.54, 1.807) is 17.0 Å². The number of nitrogens with zero attached hydrogens (tertiary/aromatic N) is 1. The van der Waals surface area contributed by atoms with E-state index in [1.807, 2.05) is 74.5 Å². The van der Waals surface area contributed by atoms with Gasteiger partial charge in [-0.25, -0.2) is 0 Å². The molecule has 0 bridgehead atoms. The minimum Gasteiger partial charge on any atom is -0.457 e. The van der Waals surface area contributed by atoms with Crippen molar-refractivity contribution in [3.05, 3.63) is 83.9 Å². The van der Waals surface area contributed by atoms with E-state index in [1.165, 1.54) is 0 Å². The number of ether oxygens (including phenoxy) is 1. The highest BCUT2D eigenvalue weighted by molar-refractivity contribution is 6.03. The van der Waals surface area contributed by atoms with Crippen molar-refractivity contribution in [3.63, 3.8) is 0 Å². The van der Waals surface area contributed by atoms with Gasteiger partial charge in [0.1, 0.15) is 11.5 Å². The Kier molecular flexibility index (Phi) is 5.53. The number of nitrogens with one attached hydrogen (secondary N) is 1. The quantitative estimate of drug-likeness (QED) is 0.649. The molecular formula is C25H24N2O3. The molecule has 0 saturated carbocycles. The van der Waals surface area contributed by atoms with Crippen molar-refractivity contribution in [1.82, 2.24) is 0 Å². The van der Waals surface area contributed by atoms with E-state index in [9.17, 15) is 9.59 Å². The van der Waals surface area contributed by atoms with Gasteiger partial charge in [-0.1, -0.05) is 30.3 Å². The van der Waals surface area contributed by atoms with Gasteiger partial charge >= 0.3 is 0 Å². The SMILES string of the molecule is Cc1ccc(C)c(N2C[C@H](C(=O)Nc3ccc(Oc4ccccc4)cc3)CC2=O)c1. The fourth-order valence-electron chi connectivity index (χ4n) is 3.60. The molecule has 0 spiro atoms. The molecule has 1 fully saturated rings. The molecule has 1 atom stereocenters. The Hall–Kier alpha value is -3.60. The zero-order chi connectivity index (χ0) is 21.1. The maximum atomic E-state index is 12.7. The molecule has 152 valence electrons. The van der Waals surface area contributed by atoms with Gasteiger partial charge in [0.25, 0.3) is 0 Å². The zero-order valence-electron chi connectivity index (χ0n) is 17.1. The summed E-state index contributed by atoms with van der Waals surface area (Å²) in [6.45, 7) is 4.37. The summed E-state index contributed by atoms with van der Waals surface area (Å²) in [6, 6.07) is 22.8. The maximum Gasteiger partial charge on any atom is 0.229 e. The van der Waals surface area contributed by atoms with Crippen LogP contribution in [-0.2, 0) is 9.59 Å². The van der Waals surface area contributed by atoms with Crippen LogP contribution >= 0.6 is 0 Å². The minimum absolute atomic E-state index is 0.0181. The molecule has 1 aliphatic rings. The van der Waals surface area contributed by atoms with E-state index in [4.69, 9.17) is 4.74 Å². The monoisotopic (exact) mass is 400 g/mol. The smallest absolute Gasteiger partial charge is 0.229 e. The summed E-state index contributed by atoms with van der Waals surface area (Å²) < 4.78 is 5.77. The zero-order valence-corrected chi connectivity index (χ0v) is 17.1. The number of benzene rings is 3. The van der Waals surface area contributed by atoms with Crippen molar-refractivity contribution in [1.29, 1.82) is 0 Å². The Morgan fingerprint density at radius 1 is 0.967 bits per heavy atom. The van der Waals surface area contributed by atoms with Gasteiger partial charge in [-0.15, -0.1) is 0 Å². The molecule has 30 heavy (non-hydrogen) atoms. The van der Waals surface area contributed by atoms with Crippen LogP contribution in [0.1, 0.15) is 17.5 Å². The number of hydrogen-bond acceptors (Lipinski definition) is 3. The van der Waals surface area contributed by atoms with Crippen molar-refractivity contribution in [2.24, 2.45) is 5.92 Å². The van der Waals surface area contributed by atoms with E-state index in [2.05, 4.69) is 5.32 Å². The molecule has 3 aromatic rings. The predicted molar refractivity (Wildman–Crippen MR) is 118 cm³/mol. The van der Waals surface area contributed by atoms with Gasteiger partial charge in [0, 0.05) is 24.3 Å². The molecule has 5 nitrogen and oxygen atoms in total. The fourth-order valence-corrected chi connectivity index (χ4v) is 3.60. The number of amides is 2. The van der Waals surface area contributed by atoms with Gasteiger partial charge in [0.2, 0.25) is 11.8 Å². The summed E-state index contributed by atoms with van der Waals surface area (Å²) in [7, 11) is 0. The van der Waals surface area contributed by atoms with E-state index in [-0.39, 0.29) is 24.2 Å². The van der Waals surface area contributed by atoms with Crippen molar-refractivity contribution >= 4 is 23.2 Å². The van der Waals surface area contributed by atoms with Gasteiger partial charge in [-0.2, -0.15) is 0 Å². The summed E-state index contributed by atoms with van der Waals surface area (Å²) in [6.07, 6.45) is 0.217. The fraction of sp³-hybridized carbons (Fsp3) is 0.200. The molecule has 0 aliphatic carbocycles. The highest BCUT2D eigenvalue weighted by atomic mass is 16.5. The molecule has 1 N–H and O–H groups in total. The van der Waals surface area contributed by atoms with Crippen LogP contribution in [0, 0.1) is 19.8 Å². The van der Waals surface area contributed by atoms with Crippen molar-refractivity contribution in [2.75, 3.05) is 16.8 Å². The maximum absolute atomic E-state index is 12.7. The van der Waals surface area contributed by atoms with Gasteiger partial charge < -0.3 is 15.0 Å². The number of aryl methyl sites for hydroxylation is 2. The van der Waals surface area contributed by atoms with Gasteiger partial charge in [0.05, 0.1) is 5.92 Å². The number of carbonyl (C=O) groups excluding carboxylic acids is 2. The highest BCUT2D eigenvalue weighted by Gasteiger charge is 2.35. The Bertz CT molecular complexity index is 1060. The molecule has 0 unspecified atom stereocenters. The molecule has 0 aromatic heterocycles. The lowest BCUT2D eigenvalue weighted by Gasteiger charge is -2.19. The van der Waals surface area contributed by atoms with Gasteiger partial charge in [-0.05, 0) is 67.4 Å². The summed E-state index contributed by atoms with van der Waals surface area (Å²) in [4.78, 5) is 27.0. The summed E-state index contributed by atoms with van der Waals surface area (Å²) >= 11 is 0. The minimum atomic E-state index is -0.377. The average molecular weight is 400 g/mol. The summed E-state index contributed by atoms with van der Waals surface area (Å²) in [5.74, 6) is 0.905.